The number of carbonyl (C=O) groups excluding carboxylic acids is 1. The molecule has 118 valence electrons. The molecule has 1 aromatic rings. The van der Waals surface area contributed by atoms with Gasteiger partial charge in [-0.2, -0.15) is 0 Å². The molecule has 22 heavy (non-hydrogen) atoms. The molecule has 4 bridgehead atoms. The number of anilines is 1. The van der Waals surface area contributed by atoms with E-state index < -0.39 is 0 Å². The summed E-state index contributed by atoms with van der Waals surface area (Å²) in [5.74, 6) is 3.11. The molecule has 0 radical (unpaired) electrons. The highest BCUT2D eigenvalue weighted by Crippen LogP contribution is 2.60. The van der Waals surface area contributed by atoms with Crippen LogP contribution in [0.3, 0.4) is 0 Å². The number of ketones is 1. The third kappa shape index (κ3) is 2.73. The largest absolute Gasteiger partial charge is 0.385 e. The van der Waals surface area contributed by atoms with Crippen LogP contribution in [-0.2, 0) is 4.79 Å². The molecule has 0 heterocycles. The molecule has 4 fully saturated rings. The maximum Gasteiger partial charge on any atom is 0.140 e. The van der Waals surface area contributed by atoms with Gasteiger partial charge in [0.2, 0.25) is 0 Å². The normalized spacial score (nSPS) is 35.6. The van der Waals surface area contributed by atoms with E-state index in [0.29, 0.717) is 12.2 Å². The van der Waals surface area contributed by atoms with E-state index in [1.807, 2.05) is 12.1 Å². The Morgan fingerprint density at radius 2 is 1.59 bits per heavy atom. The van der Waals surface area contributed by atoms with Crippen LogP contribution in [0.2, 0.25) is 0 Å². The monoisotopic (exact) mass is 361 g/mol. The number of Topliss-reactive ketones (excluding diaryl/α,β-unsaturated/α-hetero) is 1. The van der Waals surface area contributed by atoms with E-state index in [9.17, 15) is 4.79 Å². The van der Waals surface area contributed by atoms with E-state index in [1.54, 1.807) is 0 Å². The summed E-state index contributed by atoms with van der Waals surface area (Å²) in [4.78, 5) is 12.9. The van der Waals surface area contributed by atoms with Crippen LogP contribution in [0.4, 0.5) is 5.69 Å². The first-order valence-electron chi connectivity index (χ1n) is 8.66. The van der Waals surface area contributed by atoms with Crippen LogP contribution in [0.1, 0.15) is 44.9 Å². The molecule has 0 aromatic heterocycles. The van der Waals surface area contributed by atoms with Crippen molar-refractivity contribution in [1.29, 1.82) is 0 Å². The molecule has 0 amide bonds. The zero-order chi connectivity index (χ0) is 15.2. The summed E-state index contributed by atoms with van der Waals surface area (Å²) >= 11 is 3.45. The van der Waals surface area contributed by atoms with Crippen LogP contribution in [-0.4, -0.2) is 12.3 Å². The molecule has 5 rings (SSSR count). The Bertz CT molecular complexity index is 530. The molecule has 0 saturated heterocycles. The van der Waals surface area contributed by atoms with Gasteiger partial charge in [-0.1, -0.05) is 15.9 Å². The van der Waals surface area contributed by atoms with Crippen LogP contribution in [0.25, 0.3) is 0 Å². The molecule has 4 saturated carbocycles. The van der Waals surface area contributed by atoms with Crippen molar-refractivity contribution < 1.29 is 4.79 Å². The average Bonchev–Trinajstić information content (AvgIpc) is 2.48. The lowest BCUT2D eigenvalue weighted by molar-refractivity contribution is -0.143. The lowest BCUT2D eigenvalue weighted by atomic mass is 9.48. The SMILES string of the molecule is O=C(CCNc1ccc(Br)cc1)C12CC3CC(CC(C3)C1)C2. The zero-order valence-electron chi connectivity index (χ0n) is 13.0. The van der Waals surface area contributed by atoms with Gasteiger partial charge in [-0.15, -0.1) is 0 Å². The minimum absolute atomic E-state index is 0.0656. The topological polar surface area (TPSA) is 29.1 Å². The molecule has 0 aliphatic heterocycles. The van der Waals surface area contributed by atoms with Crippen LogP contribution >= 0.6 is 15.9 Å². The summed E-state index contributed by atoms with van der Waals surface area (Å²) in [6, 6.07) is 8.17. The Balaban J connectivity index is 1.35. The van der Waals surface area contributed by atoms with Gasteiger partial charge in [0.25, 0.3) is 0 Å². The van der Waals surface area contributed by atoms with Crippen molar-refractivity contribution in [3.05, 3.63) is 28.7 Å². The number of nitrogens with one attached hydrogen (secondary N) is 1. The third-order valence-electron chi connectivity index (χ3n) is 6.16. The van der Waals surface area contributed by atoms with Gasteiger partial charge < -0.3 is 5.32 Å². The molecule has 2 nitrogen and oxygen atoms in total. The molecular formula is C19H24BrNO. The van der Waals surface area contributed by atoms with Crippen molar-refractivity contribution in [3.63, 3.8) is 0 Å². The number of hydrogen-bond acceptors (Lipinski definition) is 2. The first-order chi connectivity index (χ1) is 10.6. The van der Waals surface area contributed by atoms with E-state index in [-0.39, 0.29) is 5.41 Å². The summed E-state index contributed by atoms with van der Waals surface area (Å²) in [6.07, 6.45) is 8.47. The number of benzene rings is 1. The third-order valence-corrected chi connectivity index (χ3v) is 6.68. The second-order valence-electron chi connectivity index (χ2n) is 7.80. The second-order valence-corrected chi connectivity index (χ2v) is 8.72. The van der Waals surface area contributed by atoms with Gasteiger partial charge in [-0.05, 0) is 80.5 Å². The van der Waals surface area contributed by atoms with Crippen molar-refractivity contribution in [2.24, 2.45) is 23.2 Å². The Morgan fingerprint density at radius 3 is 2.14 bits per heavy atom. The summed E-state index contributed by atoms with van der Waals surface area (Å²) in [5, 5.41) is 3.39. The first kappa shape index (κ1) is 14.7. The number of carbonyl (C=O) groups is 1. The summed E-state index contributed by atoms with van der Waals surface area (Å²) in [5.41, 5.74) is 1.16. The van der Waals surface area contributed by atoms with Gasteiger partial charge in [0.1, 0.15) is 5.78 Å². The summed E-state index contributed by atoms with van der Waals surface area (Å²) in [6.45, 7) is 0.766. The molecule has 0 spiro atoms. The van der Waals surface area contributed by atoms with E-state index in [2.05, 4.69) is 33.4 Å². The zero-order valence-corrected chi connectivity index (χ0v) is 14.6. The summed E-state index contributed by atoms with van der Waals surface area (Å²) in [7, 11) is 0. The fourth-order valence-corrected chi connectivity index (χ4v) is 5.87. The van der Waals surface area contributed by atoms with Gasteiger partial charge in [0.05, 0.1) is 0 Å². The van der Waals surface area contributed by atoms with Crippen LogP contribution in [0.15, 0.2) is 28.7 Å². The van der Waals surface area contributed by atoms with Gasteiger partial charge in [0, 0.05) is 28.5 Å². The van der Waals surface area contributed by atoms with Gasteiger partial charge >= 0.3 is 0 Å². The lowest BCUT2D eigenvalue weighted by Crippen LogP contribution is -2.50. The van der Waals surface area contributed by atoms with Gasteiger partial charge in [0.15, 0.2) is 0 Å². The fraction of sp³-hybridized carbons (Fsp3) is 0.632. The highest BCUT2D eigenvalue weighted by molar-refractivity contribution is 9.10. The molecule has 0 atom stereocenters. The van der Waals surface area contributed by atoms with Crippen LogP contribution in [0, 0.1) is 23.2 Å². The Morgan fingerprint density at radius 1 is 1.05 bits per heavy atom. The molecule has 1 aromatic carbocycles. The van der Waals surface area contributed by atoms with Crippen molar-refractivity contribution in [3.8, 4) is 0 Å². The van der Waals surface area contributed by atoms with E-state index >= 15 is 0 Å². The minimum atomic E-state index is 0.0656. The van der Waals surface area contributed by atoms with E-state index in [1.165, 1.54) is 38.5 Å². The Kier molecular flexibility index (Phi) is 3.80. The maximum atomic E-state index is 12.9. The first-order valence-corrected chi connectivity index (χ1v) is 9.45. The van der Waals surface area contributed by atoms with Gasteiger partial charge in [-0.25, -0.2) is 0 Å². The molecule has 0 unspecified atom stereocenters. The minimum Gasteiger partial charge on any atom is -0.385 e. The van der Waals surface area contributed by atoms with Crippen molar-refractivity contribution >= 4 is 27.4 Å². The van der Waals surface area contributed by atoms with E-state index in [0.717, 1.165) is 34.5 Å². The smallest absolute Gasteiger partial charge is 0.140 e. The van der Waals surface area contributed by atoms with Crippen LogP contribution in [0.5, 0.6) is 0 Å². The number of rotatable bonds is 5. The molecule has 3 heteroatoms. The molecule has 4 aliphatic rings. The fourth-order valence-electron chi connectivity index (χ4n) is 5.61. The van der Waals surface area contributed by atoms with Crippen molar-refractivity contribution in [1.82, 2.24) is 0 Å². The van der Waals surface area contributed by atoms with Gasteiger partial charge in [-0.3, -0.25) is 4.79 Å². The quantitative estimate of drug-likeness (QED) is 0.795. The van der Waals surface area contributed by atoms with Crippen molar-refractivity contribution in [2.45, 2.75) is 44.9 Å². The molecular weight excluding hydrogens is 338 g/mol. The number of hydrogen-bond donors (Lipinski definition) is 1. The highest BCUT2D eigenvalue weighted by Gasteiger charge is 2.53. The Hall–Kier alpha value is -0.830. The standard InChI is InChI=1S/C19H24BrNO/c20-16-1-3-17(4-2-16)21-6-5-18(22)19-10-13-7-14(11-19)9-15(8-13)12-19/h1-4,13-15,21H,5-12H2. The Labute approximate surface area is 141 Å². The predicted molar refractivity (Wildman–Crippen MR) is 92.9 cm³/mol. The lowest BCUT2D eigenvalue weighted by Gasteiger charge is -2.56. The van der Waals surface area contributed by atoms with Crippen LogP contribution < -0.4 is 5.32 Å². The van der Waals surface area contributed by atoms with Crippen molar-refractivity contribution in [2.75, 3.05) is 11.9 Å². The highest BCUT2D eigenvalue weighted by atomic mass is 79.9. The molecule has 1 N–H and O–H groups in total. The van der Waals surface area contributed by atoms with E-state index in [4.69, 9.17) is 0 Å². The second kappa shape index (κ2) is 5.67. The average molecular weight is 362 g/mol. The number of halogens is 1. The predicted octanol–water partition coefficient (Wildman–Crippen LogP) is 5.04. The maximum absolute atomic E-state index is 12.9. The summed E-state index contributed by atoms with van der Waals surface area (Å²) < 4.78 is 1.09. The molecule has 4 aliphatic carbocycles.